The Hall–Kier alpha value is -1.95. The number of hydrogen-bond donors (Lipinski definition) is 1. The van der Waals surface area contributed by atoms with E-state index in [9.17, 15) is 4.79 Å². The molecule has 21 heavy (non-hydrogen) atoms. The maximum Gasteiger partial charge on any atom is 0.264 e. The smallest absolute Gasteiger partial charge is 0.264 e. The van der Waals surface area contributed by atoms with Crippen LogP contribution in [0.4, 0.5) is 5.13 Å². The number of benzene rings is 1. The number of aryl methyl sites for hydroxylation is 1. The van der Waals surface area contributed by atoms with Crippen molar-refractivity contribution in [3.63, 3.8) is 0 Å². The Morgan fingerprint density at radius 3 is 2.76 bits per heavy atom. The molecule has 0 spiro atoms. The predicted octanol–water partition coefficient (Wildman–Crippen LogP) is 3.00. The summed E-state index contributed by atoms with van der Waals surface area (Å²) in [5, 5.41) is 12.3. The van der Waals surface area contributed by atoms with Crippen LogP contribution in [0.1, 0.15) is 36.3 Å². The minimum absolute atomic E-state index is 0.0240. The molecule has 1 aliphatic carbocycles. The molecule has 1 N–H and O–H groups in total. The highest BCUT2D eigenvalue weighted by Gasteiger charge is 2.27. The Morgan fingerprint density at radius 2 is 2.10 bits per heavy atom. The minimum atomic E-state index is -0.215. The van der Waals surface area contributed by atoms with Crippen LogP contribution in [0, 0.1) is 0 Å². The summed E-state index contributed by atoms with van der Waals surface area (Å²) in [5.74, 6) is 1.04. The van der Waals surface area contributed by atoms with E-state index < -0.39 is 0 Å². The van der Waals surface area contributed by atoms with Gasteiger partial charge in [-0.1, -0.05) is 30.4 Å². The number of nitrogens with zero attached hydrogens (tertiary/aromatic N) is 2. The second kappa shape index (κ2) is 6.22. The largest absolute Gasteiger partial charge is 0.484 e. The molecule has 1 aromatic heterocycles. The lowest BCUT2D eigenvalue weighted by molar-refractivity contribution is -0.118. The van der Waals surface area contributed by atoms with Gasteiger partial charge in [-0.3, -0.25) is 10.1 Å². The topological polar surface area (TPSA) is 64.1 Å². The van der Waals surface area contributed by atoms with Crippen LogP contribution in [0.3, 0.4) is 0 Å². The molecule has 0 radical (unpaired) electrons. The second-order valence-electron chi connectivity index (χ2n) is 5.05. The van der Waals surface area contributed by atoms with E-state index in [1.165, 1.54) is 29.7 Å². The first-order chi connectivity index (χ1) is 10.2. The number of rotatable bonds is 6. The Bertz CT molecular complexity index is 620. The van der Waals surface area contributed by atoms with Crippen molar-refractivity contribution < 1.29 is 9.53 Å². The summed E-state index contributed by atoms with van der Waals surface area (Å²) < 4.78 is 5.45. The fraction of sp³-hybridized carbons (Fsp3) is 0.400. The Kier molecular flexibility index (Phi) is 4.15. The highest BCUT2D eigenvalue weighted by Crippen LogP contribution is 2.41. The molecule has 1 heterocycles. The molecule has 0 aliphatic heterocycles. The summed E-state index contributed by atoms with van der Waals surface area (Å²) in [7, 11) is 0. The monoisotopic (exact) mass is 303 g/mol. The number of hydrogen-bond acceptors (Lipinski definition) is 5. The highest BCUT2D eigenvalue weighted by atomic mass is 32.1. The predicted molar refractivity (Wildman–Crippen MR) is 81.8 cm³/mol. The van der Waals surface area contributed by atoms with E-state index >= 15 is 0 Å². The summed E-state index contributed by atoms with van der Waals surface area (Å²) in [6, 6.07) is 7.75. The third kappa shape index (κ3) is 3.78. The van der Waals surface area contributed by atoms with E-state index in [1.54, 1.807) is 0 Å². The molecule has 0 unspecified atom stereocenters. The summed E-state index contributed by atoms with van der Waals surface area (Å²) in [5.41, 5.74) is 1.24. The number of aromatic nitrogens is 2. The van der Waals surface area contributed by atoms with Gasteiger partial charge in [-0.05, 0) is 37.0 Å². The fourth-order valence-electron chi connectivity index (χ4n) is 1.91. The summed E-state index contributed by atoms with van der Waals surface area (Å²) in [4.78, 5) is 11.8. The van der Waals surface area contributed by atoms with E-state index in [-0.39, 0.29) is 12.5 Å². The number of carbonyl (C=O) groups excluding carboxylic acids is 1. The van der Waals surface area contributed by atoms with Crippen LogP contribution in [-0.2, 0) is 11.2 Å². The SMILES string of the molecule is CCc1ccc(OCC(=O)Nc2nnc(C3CC3)s2)cc1. The standard InChI is InChI=1S/C15H17N3O2S/c1-2-10-3-7-12(8-4-10)20-9-13(19)16-15-18-17-14(21-15)11-5-6-11/h3-4,7-8,11H,2,5-6,9H2,1H3,(H,16,18,19). The lowest BCUT2D eigenvalue weighted by Crippen LogP contribution is -2.20. The van der Waals surface area contributed by atoms with Crippen molar-refractivity contribution in [1.82, 2.24) is 10.2 Å². The van der Waals surface area contributed by atoms with Crippen molar-refractivity contribution in [1.29, 1.82) is 0 Å². The molecular weight excluding hydrogens is 286 g/mol. The molecule has 1 saturated carbocycles. The normalized spacial score (nSPS) is 14.0. The van der Waals surface area contributed by atoms with Crippen LogP contribution in [-0.4, -0.2) is 22.7 Å². The quantitative estimate of drug-likeness (QED) is 0.891. The molecule has 1 amide bonds. The van der Waals surface area contributed by atoms with Gasteiger partial charge >= 0.3 is 0 Å². The molecule has 3 rings (SSSR count). The Balaban J connectivity index is 1.48. The van der Waals surface area contributed by atoms with Crippen molar-refractivity contribution in [2.45, 2.75) is 32.1 Å². The third-order valence-corrected chi connectivity index (χ3v) is 4.32. The van der Waals surface area contributed by atoms with Crippen LogP contribution in [0.15, 0.2) is 24.3 Å². The van der Waals surface area contributed by atoms with Crippen molar-refractivity contribution in [3.05, 3.63) is 34.8 Å². The van der Waals surface area contributed by atoms with Crippen molar-refractivity contribution in [2.75, 3.05) is 11.9 Å². The number of amides is 1. The average Bonchev–Trinajstić information content (AvgIpc) is 3.26. The van der Waals surface area contributed by atoms with Crippen molar-refractivity contribution in [3.8, 4) is 5.75 Å². The first kappa shape index (κ1) is 14.0. The van der Waals surface area contributed by atoms with Crippen LogP contribution in [0.25, 0.3) is 0 Å². The average molecular weight is 303 g/mol. The molecule has 1 aliphatic rings. The lowest BCUT2D eigenvalue weighted by Gasteiger charge is -2.06. The Morgan fingerprint density at radius 1 is 1.33 bits per heavy atom. The molecule has 0 atom stereocenters. The molecular formula is C15H17N3O2S. The van der Waals surface area contributed by atoms with E-state index in [4.69, 9.17) is 4.74 Å². The van der Waals surface area contributed by atoms with Crippen LogP contribution in [0.5, 0.6) is 5.75 Å². The number of nitrogens with one attached hydrogen (secondary N) is 1. The summed E-state index contributed by atoms with van der Waals surface area (Å²) >= 11 is 1.45. The van der Waals surface area contributed by atoms with E-state index in [1.807, 2.05) is 24.3 Å². The second-order valence-corrected chi connectivity index (χ2v) is 6.06. The maximum absolute atomic E-state index is 11.8. The van der Waals surface area contributed by atoms with Gasteiger partial charge in [-0.25, -0.2) is 0 Å². The van der Waals surface area contributed by atoms with Gasteiger partial charge in [-0.2, -0.15) is 0 Å². The van der Waals surface area contributed by atoms with Gasteiger partial charge in [0.15, 0.2) is 6.61 Å². The first-order valence-corrected chi connectivity index (χ1v) is 7.91. The molecule has 1 fully saturated rings. The molecule has 6 heteroatoms. The lowest BCUT2D eigenvalue weighted by atomic mass is 10.2. The van der Waals surface area contributed by atoms with Crippen LogP contribution >= 0.6 is 11.3 Å². The fourth-order valence-corrected chi connectivity index (χ4v) is 2.83. The number of carbonyl (C=O) groups is 1. The van der Waals surface area contributed by atoms with E-state index in [2.05, 4.69) is 22.4 Å². The van der Waals surface area contributed by atoms with E-state index in [0.29, 0.717) is 16.8 Å². The van der Waals surface area contributed by atoms with Gasteiger partial charge in [0.05, 0.1) is 0 Å². The van der Waals surface area contributed by atoms with Gasteiger partial charge in [0, 0.05) is 5.92 Å². The van der Waals surface area contributed by atoms with E-state index in [0.717, 1.165) is 11.4 Å². The van der Waals surface area contributed by atoms with Gasteiger partial charge in [-0.15, -0.1) is 10.2 Å². The molecule has 1 aromatic carbocycles. The zero-order chi connectivity index (χ0) is 14.7. The first-order valence-electron chi connectivity index (χ1n) is 7.09. The van der Waals surface area contributed by atoms with Crippen molar-refractivity contribution >= 4 is 22.4 Å². The zero-order valence-corrected chi connectivity index (χ0v) is 12.7. The number of ether oxygens (including phenoxy) is 1. The summed E-state index contributed by atoms with van der Waals surface area (Å²) in [6.07, 6.45) is 3.35. The summed E-state index contributed by atoms with van der Waals surface area (Å²) in [6.45, 7) is 2.07. The van der Waals surface area contributed by atoms with Gasteiger partial charge in [0.25, 0.3) is 5.91 Å². The van der Waals surface area contributed by atoms with Gasteiger partial charge < -0.3 is 4.74 Å². The molecule has 2 aromatic rings. The van der Waals surface area contributed by atoms with Gasteiger partial charge in [0.1, 0.15) is 10.8 Å². The van der Waals surface area contributed by atoms with Crippen LogP contribution < -0.4 is 10.1 Å². The molecule has 110 valence electrons. The Labute approximate surface area is 127 Å². The molecule has 0 bridgehead atoms. The van der Waals surface area contributed by atoms with Crippen molar-refractivity contribution in [2.24, 2.45) is 0 Å². The zero-order valence-electron chi connectivity index (χ0n) is 11.8. The maximum atomic E-state index is 11.8. The highest BCUT2D eigenvalue weighted by molar-refractivity contribution is 7.15. The molecule has 0 saturated heterocycles. The minimum Gasteiger partial charge on any atom is -0.484 e. The third-order valence-electron chi connectivity index (χ3n) is 3.32. The number of anilines is 1. The van der Waals surface area contributed by atoms with Gasteiger partial charge in [0.2, 0.25) is 5.13 Å². The van der Waals surface area contributed by atoms with Crippen LogP contribution in [0.2, 0.25) is 0 Å². The molecule has 5 nitrogen and oxygen atoms in total.